The molecule has 0 saturated heterocycles. The van der Waals surface area contributed by atoms with Crippen LogP contribution in [0.1, 0.15) is 0 Å². The Labute approximate surface area is 102 Å². The molecule has 0 radical (unpaired) electrons. The molecule has 94 valence electrons. The fraction of sp³-hybridized carbons (Fsp3) is 0.182. The molecule has 2 rings (SSSR count). The van der Waals surface area contributed by atoms with E-state index in [1.54, 1.807) is 19.0 Å². The number of halogens is 2. The smallest absolute Gasteiger partial charge is 0.230 e. The molecule has 0 aliphatic heterocycles. The van der Waals surface area contributed by atoms with Crippen molar-refractivity contribution in [3.8, 4) is 11.4 Å². The van der Waals surface area contributed by atoms with Crippen LogP contribution in [-0.2, 0) is 0 Å². The molecule has 1 aromatic heterocycles. The molecule has 1 aromatic carbocycles. The lowest BCUT2D eigenvalue weighted by atomic mass is 10.2. The number of hydrogen-bond acceptors (Lipinski definition) is 5. The van der Waals surface area contributed by atoms with Crippen molar-refractivity contribution < 1.29 is 8.78 Å². The highest BCUT2D eigenvalue weighted by molar-refractivity contribution is 5.57. The average molecular weight is 251 g/mol. The third-order valence-electron chi connectivity index (χ3n) is 2.16. The van der Waals surface area contributed by atoms with Crippen molar-refractivity contribution in [1.82, 2.24) is 15.0 Å². The van der Waals surface area contributed by atoms with Gasteiger partial charge < -0.3 is 10.6 Å². The molecular formula is C11H11F2N5. The Kier molecular flexibility index (Phi) is 3.05. The van der Waals surface area contributed by atoms with Gasteiger partial charge in [-0.3, -0.25) is 0 Å². The Hall–Kier alpha value is -2.31. The van der Waals surface area contributed by atoms with E-state index in [-0.39, 0.29) is 17.3 Å². The summed E-state index contributed by atoms with van der Waals surface area (Å²) in [5, 5.41) is 0. The van der Waals surface area contributed by atoms with Gasteiger partial charge in [-0.1, -0.05) is 0 Å². The van der Waals surface area contributed by atoms with E-state index >= 15 is 0 Å². The zero-order valence-corrected chi connectivity index (χ0v) is 9.85. The fourth-order valence-electron chi connectivity index (χ4n) is 1.39. The molecule has 7 heteroatoms. The molecule has 1 heterocycles. The first-order chi connectivity index (χ1) is 8.45. The molecule has 18 heavy (non-hydrogen) atoms. The molecule has 0 amide bonds. The molecule has 5 nitrogen and oxygen atoms in total. The first-order valence-electron chi connectivity index (χ1n) is 5.11. The van der Waals surface area contributed by atoms with Crippen molar-refractivity contribution in [3.63, 3.8) is 0 Å². The van der Waals surface area contributed by atoms with Crippen LogP contribution in [0, 0.1) is 11.6 Å². The standard InChI is InChI=1S/C11H11F2N5/c1-18(2)11-16-9(15-10(14)17-11)6-3-7(12)5-8(13)4-6/h3-5H,1-2H3,(H2,14,15,16,17). The quantitative estimate of drug-likeness (QED) is 0.875. The third kappa shape index (κ3) is 2.50. The minimum Gasteiger partial charge on any atom is -0.368 e. The minimum absolute atomic E-state index is 0.00614. The number of nitrogens with two attached hydrogens (primary N) is 1. The van der Waals surface area contributed by atoms with E-state index in [0.717, 1.165) is 18.2 Å². The maximum absolute atomic E-state index is 13.1. The van der Waals surface area contributed by atoms with Crippen LogP contribution in [-0.4, -0.2) is 29.0 Å². The second-order valence-corrected chi connectivity index (χ2v) is 3.87. The average Bonchev–Trinajstić information content (AvgIpc) is 2.26. The SMILES string of the molecule is CN(C)c1nc(N)nc(-c2cc(F)cc(F)c2)n1. The van der Waals surface area contributed by atoms with Crippen molar-refractivity contribution in [3.05, 3.63) is 29.8 Å². The van der Waals surface area contributed by atoms with Gasteiger partial charge in [-0.25, -0.2) is 8.78 Å². The van der Waals surface area contributed by atoms with Crippen molar-refractivity contribution in [2.45, 2.75) is 0 Å². The Morgan fingerprint density at radius 3 is 2.17 bits per heavy atom. The second-order valence-electron chi connectivity index (χ2n) is 3.87. The van der Waals surface area contributed by atoms with Crippen LogP contribution in [0.25, 0.3) is 11.4 Å². The van der Waals surface area contributed by atoms with Crippen LogP contribution in [0.3, 0.4) is 0 Å². The number of anilines is 2. The number of hydrogen-bond donors (Lipinski definition) is 1. The fourth-order valence-corrected chi connectivity index (χ4v) is 1.39. The second kappa shape index (κ2) is 4.52. The molecule has 0 unspecified atom stereocenters. The molecule has 0 bridgehead atoms. The number of rotatable bonds is 2. The number of nitrogens with zero attached hydrogens (tertiary/aromatic N) is 4. The first-order valence-corrected chi connectivity index (χ1v) is 5.11. The van der Waals surface area contributed by atoms with E-state index in [1.807, 2.05) is 0 Å². The van der Waals surface area contributed by atoms with Gasteiger partial charge in [0.05, 0.1) is 0 Å². The van der Waals surface area contributed by atoms with Crippen molar-refractivity contribution in [1.29, 1.82) is 0 Å². The largest absolute Gasteiger partial charge is 0.368 e. The number of benzene rings is 1. The lowest BCUT2D eigenvalue weighted by Gasteiger charge is -2.11. The molecular weight excluding hydrogens is 240 g/mol. The van der Waals surface area contributed by atoms with Gasteiger partial charge in [-0.15, -0.1) is 0 Å². The summed E-state index contributed by atoms with van der Waals surface area (Å²) in [7, 11) is 3.45. The molecule has 0 aliphatic rings. The van der Waals surface area contributed by atoms with E-state index in [0.29, 0.717) is 5.95 Å². The number of aromatic nitrogens is 3. The van der Waals surface area contributed by atoms with Gasteiger partial charge in [-0.05, 0) is 12.1 Å². The summed E-state index contributed by atoms with van der Waals surface area (Å²) in [6.07, 6.45) is 0. The molecule has 0 atom stereocenters. The van der Waals surface area contributed by atoms with Crippen molar-refractivity contribution in [2.24, 2.45) is 0 Å². The maximum Gasteiger partial charge on any atom is 0.230 e. The highest BCUT2D eigenvalue weighted by Crippen LogP contribution is 2.20. The van der Waals surface area contributed by atoms with Crippen LogP contribution in [0.2, 0.25) is 0 Å². The van der Waals surface area contributed by atoms with E-state index in [2.05, 4.69) is 15.0 Å². The maximum atomic E-state index is 13.1. The summed E-state index contributed by atoms with van der Waals surface area (Å²) in [6, 6.07) is 3.05. The summed E-state index contributed by atoms with van der Waals surface area (Å²) in [6.45, 7) is 0. The monoisotopic (exact) mass is 251 g/mol. The van der Waals surface area contributed by atoms with E-state index < -0.39 is 11.6 Å². The lowest BCUT2D eigenvalue weighted by Crippen LogP contribution is -2.15. The van der Waals surface area contributed by atoms with Gasteiger partial charge in [0.15, 0.2) is 5.82 Å². The van der Waals surface area contributed by atoms with Gasteiger partial charge in [0.25, 0.3) is 0 Å². The normalized spacial score (nSPS) is 10.4. The van der Waals surface area contributed by atoms with Gasteiger partial charge in [-0.2, -0.15) is 15.0 Å². The molecule has 0 spiro atoms. The van der Waals surface area contributed by atoms with E-state index in [4.69, 9.17) is 5.73 Å². The van der Waals surface area contributed by atoms with Crippen LogP contribution >= 0.6 is 0 Å². The van der Waals surface area contributed by atoms with Crippen LogP contribution in [0.5, 0.6) is 0 Å². The van der Waals surface area contributed by atoms with Gasteiger partial charge in [0, 0.05) is 25.7 Å². The molecule has 0 aliphatic carbocycles. The zero-order chi connectivity index (χ0) is 13.3. The summed E-state index contributed by atoms with van der Waals surface area (Å²) in [5.41, 5.74) is 5.75. The highest BCUT2D eigenvalue weighted by atomic mass is 19.1. The molecule has 2 N–H and O–H groups in total. The number of nitrogen functional groups attached to an aromatic ring is 1. The van der Waals surface area contributed by atoms with Crippen LogP contribution < -0.4 is 10.6 Å². The van der Waals surface area contributed by atoms with Crippen LogP contribution in [0.4, 0.5) is 20.7 Å². The van der Waals surface area contributed by atoms with Crippen LogP contribution in [0.15, 0.2) is 18.2 Å². The summed E-state index contributed by atoms with van der Waals surface area (Å²) in [5.74, 6) is -0.953. The Balaban J connectivity index is 2.56. The third-order valence-corrected chi connectivity index (χ3v) is 2.16. The highest BCUT2D eigenvalue weighted by Gasteiger charge is 2.10. The van der Waals surface area contributed by atoms with Crippen molar-refractivity contribution >= 4 is 11.9 Å². The topological polar surface area (TPSA) is 67.9 Å². The van der Waals surface area contributed by atoms with E-state index in [9.17, 15) is 8.78 Å². The van der Waals surface area contributed by atoms with Crippen molar-refractivity contribution in [2.75, 3.05) is 24.7 Å². The molecule has 0 fully saturated rings. The Morgan fingerprint density at radius 1 is 1.00 bits per heavy atom. The van der Waals surface area contributed by atoms with E-state index in [1.165, 1.54) is 0 Å². The Morgan fingerprint density at radius 2 is 1.61 bits per heavy atom. The summed E-state index contributed by atoms with van der Waals surface area (Å²) < 4.78 is 26.2. The molecule has 0 saturated carbocycles. The lowest BCUT2D eigenvalue weighted by molar-refractivity contribution is 0.584. The van der Waals surface area contributed by atoms with Gasteiger partial charge >= 0.3 is 0 Å². The minimum atomic E-state index is -0.699. The predicted octanol–water partition coefficient (Wildman–Crippen LogP) is 1.47. The zero-order valence-electron chi connectivity index (χ0n) is 9.85. The van der Waals surface area contributed by atoms with Gasteiger partial charge in [0.1, 0.15) is 11.6 Å². The molecule has 2 aromatic rings. The summed E-state index contributed by atoms with van der Waals surface area (Å²) in [4.78, 5) is 13.5. The first kappa shape index (κ1) is 12.2. The van der Waals surface area contributed by atoms with Gasteiger partial charge in [0.2, 0.25) is 11.9 Å². The Bertz CT molecular complexity index is 565. The summed E-state index contributed by atoms with van der Waals surface area (Å²) >= 11 is 0. The predicted molar refractivity (Wildman–Crippen MR) is 63.9 cm³/mol.